The molecule has 6 heteroatoms. The molecule has 1 aliphatic heterocycles. The Hall–Kier alpha value is -1.69. The van der Waals surface area contributed by atoms with Crippen molar-refractivity contribution < 1.29 is 14.4 Å². The second-order valence-corrected chi connectivity index (χ2v) is 5.76. The summed E-state index contributed by atoms with van der Waals surface area (Å²) < 4.78 is 0.648. The van der Waals surface area contributed by atoms with Crippen LogP contribution in [0.3, 0.4) is 0 Å². The van der Waals surface area contributed by atoms with E-state index in [1.807, 2.05) is 6.92 Å². The number of hydrogen-bond acceptors (Lipinski definition) is 3. The minimum atomic E-state index is -0.911. The minimum absolute atomic E-state index is 0.247. The predicted molar refractivity (Wildman–Crippen MR) is 77.4 cm³/mol. The van der Waals surface area contributed by atoms with Gasteiger partial charge >= 0.3 is 6.03 Å². The Balaban J connectivity index is 2.19. The average Bonchev–Trinajstić information content (AvgIpc) is 2.63. The van der Waals surface area contributed by atoms with E-state index in [1.54, 1.807) is 31.2 Å². The molecule has 1 unspecified atom stereocenters. The number of nitrogens with zero attached hydrogens (tertiary/aromatic N) is 1. The number of rotatable bonds is 4. The van der Waals surface area contributed by atoms with Crippen LogP contribution in [0.25, 0.3) is 0 Å². The highest BCUT2D eigenvalue weighted by Gasteiger charge is 2.47. The lowest BCUT2D eigenvalue weighted by Gasteiger charge is -2.19. The lowest BCUT2D eigenvalue weighted by atomic mass is 9.99. The van der Waals surface area contributed by atoms with Gasteiger partial charge in [-0.15, -0.1) is 0 Å². The summed E-state index contributed by atoms with van der Waals surface area (Å²) in [5.74, 6) is -0.633. The molecule has 1 heterocycles. The van der Waals surface area contributed by atoms with Crippen LogP contribution in [0.5, 0.6) is 0 Å². The zero-order valence-corrected chi connectivity index (χ0v) is 12.9. The third-order valence-electron chi connectivity index (χ3n) is 3.53. The zero-order chi connectivity index (χ0) is 14.9. The quantitative estimate of drug-likeness (QED) is 0.676. The summed E-state index contributed by atoms with van der Waals surface area (Å²) in [7, 11) is 0. The summed E-state index contributed by atoms with van der Waals surface area (Å²) in [6, 6.07) is 6.42. The molecule has 3 amide bonds. The average molecular weight is 339 g/mol. The molecule has 0 radical (unpaired) electrons. The van der Waals surface area contributed by atoms with Gasteiger partial charge in [0.05, 0.1) is 6.54 Å². The van der Waals surface area contributed by atoms with Crippen LogP contribution in [0.4, 0.5) is 4.79 Å². The van der Waals surface area contributed by atoms with Gasteiger partial charge in [-0.25, -0.2) is 4.79 Å². The third kappa shape index (κ3) is 2.47. The van der Waals surface area contributed by atoms with E-state index in [0.29, 0.717) is 16.5 Å². The molecule has 0 saturated carbocycles. The van der Waals surface area contributed by atoms with Crippen molar-refractivity contribution in [2.75, 3.05) is 6.54 Å². The number of nitrogens with one attached hydrogen (secondary N) is 1. The molecular weight excluding hydrogens is 324 g/mol. The Labute approximate surface area is 125 Å². The molecule has 1 atom stereocenters. The molecule has 1 aliphatic rings. The van der Waals surface area contributed by atoms with Gasteiger partial charge in [0.15, 0.2) is 5.78 Å². The van der Waals surface area contributed by atoms with E-state index in [9.17, 15) is 14.4 Å². The first kappa shape index (κ1) is 14.7. The van der Waals surface area contributed by atoms with Crippen LogP contribution in [0.1, 0.15) is 30.6 Å². The second-order valence-electron chi connectivity index (χ2n) is 4.91. The van der Waals surface area contributed by atoms with Crippen molar-refractivity contribution in [1.82, 2.24) is 10.2 Å². The van der Waals surface area contributed by atoms with Gasteiger partial charge in [-0.1, -0.05) is 41.1 Å². The Morgan fingerprint density at radius 3 is 2.55 bits per heavy atom. The molecule has 106 valence electrons. The van der Waals surface area contributed by atoms with E-state index < -0.39 is 11.6 Å². The number of amides is 3. The van der Waals surface area contributed by atoms with Crippen molar-refractivity contribution in [3.05, 3.63) is 34.3 Å². The number of ketones is 1. The summed E-state index contributed by atoms with van der Waals surface area (Å²) in [5, 5.41) is 2.62. The van der Waals surface area contributed by atoms with Crippen molar-refractivity contribution in [3.8, 4) is 0 Å². The molecule has 0 spiro atoms. The van der Waals surface area contributed by atoms with Crippen LogP contribution >= 0.6 is 15.9 Å². The van der Waals surface area contributed by atoms with E-state index in [2.05, 4.69) is 21.2 Å². The Morgan fingerprint density at radius 1 is 1.35 bits per heavy atom. The van der Waals surface area contributed by atoms with E-state index in [4.69, 9.17) is 0 Å². The molecule has 0 aromatic heterocycles. The molecule has 1 aromatic rings. The zero-order valence-electron chi connectivity index (χ0n) is 11.3. The van der Waals surface area contributed by atoms with Crippen molar-refractivity contribution in [2.45, 2.75) is 25.8 Å². The summed E-state index contributed by atoms with van der Waals surface area (Å²) in [4.78, 5) is 37.2. The maximum Gasteiger partial charge on any atom is 0.325 e. The highest BCUT2D eigenvalue weighted by molar-refractivity contribution is 9.10. The molecule has 0 aliphatic carbocycles. The van der Waals surface area contributed by atoms with Gasteiger partial charge in [-0.3, -0.25) is 14.5 Å². The predicted octanol–water partition coefficient (Wildman–Crippen LogP) is 2.35. The summed E-state index contributed by atoms with van der Waals surface area (Å²) in [6.45, 7) is 3.23. The summed E-state index contributed by atoms with van der Waals surface area (Å²) in [5.41, 5.74) is -0.455. The van der Waals surface area contributed by atoms with Gasteiger partial charge in [0.1, 0.15) is 5.54 Å². The maximum atomic E-state index is 12.2. The van der Waals surface area contributed by atoms with Gasteiger partial charge < -0.3 is 5.32 Å². The largest absolute Gasteiger partial charge is 0.325 e. The smallest absolute Gasteiger partial charge is 0.323 e. The fourth-order valence-corrected chi connectivity index (χ4v) is 2.55. The van der Waals surface area contributed by atoms with Crippen molar-refractivity contribution >= 4 is 33.7 Å². The molecule has 1 aromatic carbocycles. The van der Waals surface area contributed by atoms with Gasteiger partial charge in [-0.2, -0.15) is 0 Å². The first-order valence-electron chi connectivity index (χ1n) is 6.31. The summed E-state index contributed by atoms with van der Waals surface area (Å²) >= 11 is 3.29. The number of imide groups is 1. The fraction of sp³-hybridized carbons (Fsp3) is 0.357. The Bertz CT molecular complexity index is 588. The number of urea groups is 1. The normalized spacial score (nSPS) is 22.1. The van der Waals surface area contributed by atoms with E-state index >= 15 is 0 Å². The number of Topliss-reactive ketones (excluding diaryl/α,β-unsaturated/α-hetero) is 1. The highest BCUT2D eigenvalue weighted by atomic mass is 79.9. The number of halogens is 1. The number of hydrogen-bond donors (Lipinski definition) is 1. The molecule has 1 fully saturated rings. The lowest BCUT2D eigenvalue weighted by Crippen LogP contribution is -2.43. The molecule has 1 saturated heterocycles. The SMILES string of the molecule is CCC1(C)NC(=O)N(CC(=O)c2ccccc2Br)C1=O. The van der Waals surface area contributed by atoms with Crippen molar-refractivity contribution in [1.29, 1.82) is 0 Å². The lowest BCUT2D eigenvalue weighted by molar-refractivity contribution is -0.130. The van der Waals surface area contributed by atoms with E-state index in [0.717, 1.165) is 4.90 Å². The molecular formula is C14H15BrN2O3. The van der Waals surface area contributed by atoms with Crippen LogP contribution in [0, 0.1) is 0 Å². The van der Waals surface area contributed by atoms with Gasteiger partial charge in [0.2, 0.25) is 0 Å². The molecule has 1 N–H and O–H groups in total. The van der Waals surface area contributed by atoms with Crippen molar-refractivity contribution in [3.63, 3.8) is 0 Å². The standard InChI is InChI=1S/C14H15BrN2O3/c1-3-14(2)12(19)17(13(20)16-14)8-11(18)9-6-4-5-7-10(9)15/h4-7H,3,8H2,1-2H3,(H,16,20). The van der Waals surface area contributed by atoms with Gasteiger partial charge in [0.25, 0.3) is 5.91 Å². The fourth-order valence-electron chi connectivity index (χ4n) is 2.05. The molecule has 5 nitrogen and oxygen atoms in total. The Morgan fingerprint density at radius 2 is 2.00 bits per heavy atom. The first-order valence-corrected chi connectivity index (χ1v) is 7.10. The van der Waals surface area contributed by atoms with E-state index in [-0.39, 0.29) is 18.2 Å². The van der Waals surface area contributed by atoms with Crippen LogP contribution < -0.4 is 5.32 Å². The number of carbonyl (C=O) groups excluding carboxylic acids is 3. The van der Waals surface area contributed by atoms with Crippen LogP contribution in [-0.4, -0.2) is 34.7 Å². The van der Waals surface area contributed by atoms with Gasteiger partial charge in [0, 0.05) is 10.0 Å². The van der Waals surface area contributed by atoms with Gasteiger partial charge in [-0.05, 0) is 19.4 Å². The Kier molecular flexibility index (Phi) is 3.94. The van der Waals surface area contributed by atoms with E-state index in [1.165, 1.54) is 0 Å². The minimum Gasteiger partial charge on any atom is -0.323 e. The highest BCUT2D eigenvalue weighted by Crippen LogP contribution is 2.22. The summed E-state index contributed by atoms with van der Waals surface area (Å²) in [6.07, 6.45) is 0.483. The number of carbonyl (C=O) groups is 3. The van der Waals surface area contributed by atoms with Crippen molar-refractivity contribution in [2.24, 2.45) is 0 Å². The molecule has 0 bridgehead atoms. The third-order valence-corrected chi connectivity index (χ3v) is 4.22. The van der Waals surface area contributed by atoms with Crippen LogP contribution in [0.15, 0.2) is 28.7 Å². The number of benzene rings is 1. The topological polar surface area (TPSA) is 66.5 Å². The first-order chi connectivity index (χ1) is 9.39. The molecule has 2 rings (SSSR count). The second kappa shape index (κ2) is 5.36. The monoisotopic (exact) mass is 338 g/mol. The maximum absolute atomic E-state index is 12.2. The molecule has 20 heavy (non-hydrogen) atoms. The van der Waals surface area contributed by atoms with Crippen LogP contribution in [-0.2, 0) is 4.79 Å². The van der Waals surface area contributed by atoms with Crippen LogP contribution in [0.2, 0.25) is 0 Å².